The van der Waals surface area contributed by atoms with Crippen LogP contribution in [0.3, 0.4) is 0 Å². The summed E-state index contributed by atoms with van der Waals surface area (Å²) in [4.78, 5) is 10.6. The highest BCUT2D eigenvalue weighted by Crippen LogP contribution is 2.39. The zero-order valence-electron chi connectivity index (χ0n) is 27.6. The molecule has 1 aromatic heterocycles. The lowest BCUT2D eigenvalue weighted by atomic mass is 9.97. The SMILES string of the molecule is c1ccc(-c2ccc3oc4cccc(C5N=C(c6ccc(-c7cccc8ccccc78)cc6)NC(c6ccc7ccccc7c6)=N5)c4c3c2)cc1. The van der Waals surface area contributed by atoms with E-state index in [1.165, 1.54) is 21.7 Å². The van der Waals surface area contributed by atoms with Crippen LogP contribution in [0.25, 0.3) is 65.7 Å². The van der Waals surface area contributed by atoms with Gasteiger partial charge in [0.05, 0.1) is 0 Å². The quantitative estimate of drug-likeness (QED) is 0.201. The molecule has 0 saturated carbocycles. The van der Waals surface area contributed by atoms with Crippen molar-refractivity contribution in [2.75, 3.05) is 0 Å². The van der Waals surface area contributed by atoms with Crippen molar-refractivity contribution in [3.63, 3.8) is 0 Å². The second-order valence-electron chi connectivity index (χ2n) is 13.0. The molecule has 0 aliphatic carbocycles. The lowest BCUT2D eigenvalue weighted by Gasteiger charge is -2.23. The van der Waals surface area contributed by atoms with Crippen molar-refractivity contribution in [3.8, 4) is 22.3 Å². The second-order valence-corrected chi connectivity index (χ2v) is 13.0. The van der Waals surface area contributed by atoms with Gasteiger partial charge in [-0.15, -0.1) is 0 Å². The van der Waals surface area contributed by atoms with Crippen molar-refractivity contribution in [2.45, 2.75) is 6.17 Å². The third-order valence-corrected chi connectivity index (χ3v) is 9.93. The number of hydrogen-bond donors (Lipinski definition) is 1. The molecular formula is C47H31N3O. The molecule has 0 spiro atoms. The molecule has 1 atom stereocenters. The van der Waals surface area contributed by atoms with Crippen molar-refractivity contribution in [1.82, 2.24) is 5.32 Å². The molecule has 1 N–H and O–H groups in total. The largest absolute Gasteiger partial charge is 0.456 e. The van der Waals surface area contributed by atoms with E-state index in [1.807, 2.05) is 18.2 Å². The number of nitrogens with zero attached hydrogens (tertiary/aromatic N) is 2. The zero-order chi connectivity index (χ0) is 33.7. The van der Waals surface area contributed by atoms with Gasteiger partial charge in [-0.05, 0) is 68.1 Å². The summed E-state index contributed by atoms with van der Waals surface area (Å²) < 4.78 is 6.42. The molecule has 0 bridgehead atoms. The van der Waals surface area contributed by atoms with Crippen molar-refractivity contribution in [1.29, 1.82) is 0 Å². The van der Waals surface area contributed by atoms with Gasteiger partial charge in [0.1, 0.15) is 22.8 Å². The molecule has 0 amide bonds. The Balaban J connectivity index is 1.12. The smallest absolute Gasteiger partial charge is 0.170 e. The van der Waals surface area contributed by atoms with Crippen LogP contribution in [0.15, 0.2) is 190 Å². The van der Waals surface area contributed by atoms with Gasteiger partial charge in [-0.25, -0.2) is 9.98 Å². The van der Waals surface area contributed by atoms with Crippen molar-refractivity contribution >= 4 is 55.2 Å². The first-order valence-corrected chi connectivity index (χ1v) is 17.3. The molecule has 0 fully saturated rings. The Hall–Kier alpha value is -6.78. The first-order valence-electron chi connectivity index (χ1n) is 17.3. The normalized spacial score (nSPS) is 14.5. The minimum absolute atomic E-state index is 0.495. The number of fused-ring (bicyclic) bond motifs is 5. The highest BCUT2D eigenvalue weighted by molar-refractivity contribution is 6.17. The van der Waals surface area contributed by atoms with Gasteiger partial charge in [-0.2, -0.15) is 0 Å². The van der Waals surface area contributed by atoms with Gasteiger partial charge < -0.3 is 9.73 Å². The van der Waals surface area contributed by atoms with Gasteiger partial charge in [0.2, 0.25) is 0 Å². The maximum atomic E-state index is 6.42. The van der Waals surface area contributed by atoms with Gasteiger partial charge >= 0.3 is 0 Å². The van der Waals surface area contributed by atoms with Gasteiger partial charge in [0.15, 0.2) is 6.17 Å². The molecule has 240 valence electrons. The van der Waals surface area contributed by atoms with Crippen molar-refractivity contribution in [2.24, 2.45) is 9.98 Å². The predicted molar refractivity (Wildman–Crippen MR) is 211 cm³/mol. The second kappa shape index (κ2) is 12.0. The van der Waals surface area contributed by atoms with E-state index in [1.54, 1.807) is 0 Å². The van der Waals surface area contributed by atoms with Crippen LogP contribution in [0.4, 0.5) is 0 Å². The molecule has 0 saturated heterocycles. The highest BCUT2D eigenvalue weighted by atomic mass is 16.3. The summed E-state index contributed by atoms with van der Waals surface area (Å²) in [5, 5.41) is 10.5. The molecule has 8 aromatic carbocycles. The van der Waals surface area contributed by atoms with E-state index in [4.69, 9.17) is 14.4 Å². The summed E-state index contributed by atoms with van der Waals surface area (Å²) in [7, 11) is 0. The predicted octanol–water partition coefficient (Wildman–Crippen LogP) is 11.7. The Bertz CT molecular complexity index is 2820. The van der Waals surface area contributed by atoms with E-state index >= 15 is 0 Å². The van der Waals surface area contributed by atoms with Gasteiger partial charge in [-0.3, -0.25) is 0 Å². The highest BCUT2D eigenvalue weighted by Gasteiger charge is 2.24. The van der Waals surface area contributed by atoms with E-state index in [9.17, 15) is 0 Å². The standard InChI is InChI=1S/C47H31N3O/c1-2-10-30(11-3-1)36-26-27-42-41(29-36)44-40(18-9-19-43(44)51-42)47-49-45(48-46(50-47)37-25-20-31-12-4-5-14-35(31)28-37)34-23-21-33(22-24-34)39-17-8-15-32-13-6-7-16-38(32)39/h1-29,47H,(H,48,49,50). The maximum Gasteiger partial charge on any atom is 0.170 e. The number of amidine groups is 2. The third kappa shape index (κ3) is 5.17. The Morgan fingerprint density at radius 3 is 1.94 bits per heavy atom. The Kier molecular flexibility index (Phi) is 6.85. The van der Waals surface area contributed by atoms with Gasteiger partial charge in [0, 0.05) is 27.5 Å². The number of benzene rings is 8. The lowest BCUT2D eigenvalue weighted by molar-refractivity contribution is 0.667. The first kappa shape index (κ1) is 29.2. The van der Waals surface area contributed by atoms with Crippen LogP contribution in [-0.2, 0) is 0 Å². The van der Waals surface area contributed by atoms with Crippen LogP contribution in [0.2, 0.25) is 0 Å². The molecule has 2 heterocycles. The number of aliphatic imine (C=N–C) groups is 2. The molecule has 0 radical (unpaired) electrons. The molecule has 1 unspecified atom stereocenters. The molecular weight excluding hydrogens is 623 g/mol. The Labute approximate surface area is 295 Å². The summed E-state index contributed by atoms with van der Waals surface area (Å²) >= 11 is 0. The van der Waals surface area contributed by atoms with Crippen LogP contribution in [-0.4, -0.2) is 11.7 Å². The molecule has 1 aliphatic heterocycles. The van der Waals surface area contributed by atoms with Gasteiger partial charge in [-0.1, -0.05) is 152 Å². The fourth-order valence-electron chi connectivity index (χ4n) is 7.38. The fourth-order valence-corrected chi connectivity index (χ4v) is 7.38. The monoisotopic (exact) mass is 653 g/mol. The molecule has 9 aromatic rings. The summed E-state index contributed by atoms with van der Waals surface area (Å²) in [6, 6.07) is 61.7. The van der Waals surface area contributed by atoms with Crippen LogP contribution < -0.4 is 5.32 Å². The summed E-state index contributed by atoms with van der Waals surface area (Å²) in [5.74, 6) is 1.56. The van der Waals surface area contributed by atoms with Crippen LogP contribution in [0.5, 0.6) is 0 Å². The topological polar surface area (TPSA) is 49.9 Å². The average Bonchev–Trinajstić information content (AvgIpc) is 3.59. The van der Waals surface area contributed by atoms with Crippen LogP contribution in [0, 0.1) is 0 Å². The zero-order valence-corrected chi connectivity index (χ0v) is 27.6. The Morgan fingerprint density at radius 1 is 0.412 bits per heavy atom. The van der Waals surface area contributed by atoms with E-state index in [0.717, 1.165) is 72.4 Å². The molecule has 4 nitrogen and oxygen atoms in total. The molecule has 4 heteroatoms. The minimum Gasteiger partial charge on any atom is -0.456 e. The molecule has 51 heavy (non-hydrogen) atoms. The lowest BCUT2D eigenvalue weighted by Crippen LogP contribution is -2.36. The van der Waals surface area contributed by atoms with E-state index in [2.05, 4.69) is 163 Å². The number of nitrogens with one attached hydrogen (secondary N) is 1. The van der Waals surface area contributed by atoms with Gasteiger partial charge in [0.25, 0.3) is 0 Å². The van der Waals surface area contributed by atoms with E-state index in [0.29, 0.717) is 0 Å². The molecule has 1 aliphatic rings. The van der Waals surface area contributed by atoms with Crippen molar-refractivity contribution < 1.29 is 4.42 Å². The van der Waals surface area contributed by atoms with Crippen LogP contribution in [0.1, 0.15) is 22.9 Å². The summed E-state index contributed by atoms with van der Waals surface area (Å²) in [6.45, 7) is 0. The van der Waals surface area contributed by atoms with Crippen LogP contribution >= 0.6 is 0 Å². The molecule has 10 rings (SSSR count). The number of furan rings is 1. The average molecular weight is 654 g/mol. The Morgan fingerprint density at radius 2 is 1.08 bits per heavy atom. The first-order chi connectivity index (χ1) is 25.2. The fraction of sp³-hybridized carbons (Fsp3) is 0.0213. The minimum atomic E-state index is -0.495. The summed E-state index contributed by atoms with van der Waals surface area (Å²) in [6.07, 6.45) is -0.495. The maximum absolute atomic E-state index is 6.42. The van der Waals surface area contributed by atoms with E-state index in [-0.39, 0.29) is 0 Å². The third-order valence-electron chi connectivity index (χ3n) is 9.93. The van der Waals surface area contributed by atoms with E-state index < -0.39 is 6.17 Å². The summed E-state index contributed by atoms with van der Waals surface area (Å²) in [5.41, 5.74) is 9.35. The van der Waals surface area contributed by atoms with Crippen molar-refractivity contribution in [3.05, 3.63) is 193 Å². The number of rotatable bonds is 5. The number of hydrogen-bond acceptors (Lipinski definition) is 4.